The van der Waals surface area contributed by atoms with Gasteiger partial charge in [-0.3, -0.25) is 9.79 Å². The van der Waals surface area contributed by atoms with Gasteiger partial charge in [-0.1, -0.05) is 18.2 Å². The van der Waals surface area contributed by atoms with Crippen LogP contribution in [0.3, 0.4) is 0 Å². The average molecular weight is 486 g/mol. The Morgan fingerprint density at radius 3 is 2.53 bits per heavy atom. The highest BCUT2D eigenvalue weighted by Crippen LogP contribution is 2.39. The van der Waals surface area contributed by atoms with Gasteiger partial charge in [-0.2, -0.15) is 0 Å². The van der Waals surface area contributed by atoms with Crippen molar-refractivity contribution in [1.82, 2.24) is 4.90 Å². The first-order chi connectivity index (χ1) is 17.4. The summed E-state index contributed by atoms with van der Waals surface area (Å²) in [5.41, 5.74) is 4.93. The Hall–Kier alpha value is -4.17. The van der Waals surface area contributed by atoms with Gasteiger partial charge in [0, 0.05) is 17.8 Å². The first-order valence-electron chi connectivity index (χ1n) is 11.8. The van der Waals surface area contributed by atoms with Crippen LogP contribution in [0.5, 0.6) is 11.5 Å². The van der Waals surface area contributed by atoms with Crippen molar-refractivity contribution in [1.29, 1.82) is 0 Å². The molecule has 2 aliphatic rings. The largest absolute Gasteiger partial charge is 0.462 e. The van der Waals surface area contributed by atoms with Gasteiger partial charge in [0.25, 0.3) is 0 Å². The van der Waals surface area contributed by atoms with E-state index in [0.29, 0.717) is 28.5 Å². The highest BCUT2D eigenvalue weighted by atomic mass is 16.7. The predicted octanol–water partition coefficient (Wildman–Crippen LogP) is 4.51. The van der Waals surface area contributed by atoms with E-state index >= 15 is 0 Å². The Balaban J connectivity index is 1.57. The SMILES string of the molecule is CCOC(=O)c1ccc2c(c1)NC(=O)C2C(=Nc1ccc(CN(C)C)cc1)c1ccc2c(c1)OCO2. The molecule has 0 radical (unpaired) electrons. The minimum atomic E-state index is -0.668. The van der Waals surface area contributed by atoms with Crippen LogP contribution < -0.4 is 14.8 Å². The zero-order chi connectivity index (χ0) is 25.2. The number of rotatable bonds is 7. The van der Waals surface area contributed by atoms with Gasteiger partial charge in [0.05, 0.1) is 23.6 Å². The fourth-order valence-corrected chi connectivity index (χ4v) is 4.41. The van der Waals surface area contributed by atoms with E-state index < -0.39 is 11.9 Å². The van der Waals surface area contributed by atoms with Gasteiger partial charge in [0.15, 0.2) is 11.5 Å². The monoisotopic (exact) mass is 485 g/mol. The summed E-state index contributed by atoms with van der Waals surface area (Å²) in [4.78, 5) is 32.5. The van der Waals surface area contributed by atoms with Crippen LogP contribution in [0.25, 0.3) is 0 Å². The van der Waals surface area contributed by atoms with Crippen LogP contribution in [0, 0.1) is 0 Å². The van der Waals surface area contributed by atoms with E-state index in [0.717, 1.165) is 23.4 Å². The normalized spacial score (nSPS) is 16.2. The molecule has 0 fully saturated rings. The summed E-state index contributed by atoms with van der Waals surface area (Å²) in [5, 5.41) is 2.91. The van der Waals surface area contributed by atoms with Gasteiger partial charge in [-0.25, -0.2) is 4.79 Å². The summed E-state index contributed by atoms with van der Waals surface area (Å²) < 4.78 is 16.2. The molecule has 3 aromatic rings. The van der Waals surface area contributed by atoms with Crippen molar-refractivity contribution in [2.45, 2.75) is 19.4 Å². The standard InChI is InChI=1S/C28H27N3O5/c1-4-34-28(33)19-7-11-21-22(13-19)30-27(32)25(21)26(18-8-12-23-24(14-18)36-16-35-23)29-20-9-5-17(6-10-20)15-31(2)3/h5-14,25H,4,15-16H2,1-3H3,(H,30,32). The average Bonchev–Trinajstić information content (AvgIpc) is 3.46. The van der Waals surface area contributed by atoms with Crippen molar-refractivity contribution in [3.8, 4) is 11.5 Å². The molecule has 36 heavy (non-hydrogen) atoms. The highest BCUT2D eigenvalue weighted by Gasteiger charge is 2.36. The second-order valence-electron chi connectivity index (χ2n) is 8.91. The number of aliphatic imine (C=N–C) groups is 1. The number of carbonyl (C=O) groups is 2. The maximum atomic E-state index is 13.3. The van der Waals surface area contributed by atoms with E-state index in [2.05, 4.69) is 10.2 Å². The zero-order valence-corrected chi connectivity index (χ0v) is 20.4. The summed E-state index contributed by atoms with van der Waals surface area (Å²) in [6.45, 7) is 3.01. The summed E-state index contributed by atoms with van der Waals surface area (Å²) >= 11 is 0. The van der Waals surface area contributed by atoms with Crippen LogP contribution in [-0.2, 0) is 16.1 Å². The number of fused-ring (bicyclic) bond motifs is 2. The van der Waals surface area contributed by atoms with Gasteiger partial charge in [0.2, 0.25) is 12.7 Å². The third kappa shape index (κ3) is 4.67. The molecule has 1 atom stereocenters. The highest BCUT2D eigenvalue weighted by molar-refractivity contribution is 6.24. The topological polar surface area (TPSA) is 89.5 Å². The van der Waals surface area contributed by atoms with Gasteiger partial charge >= 0.3 is 5.97 Å². The Morgan fingerprint density at radius 2 is 1.78 bits per heavy atom. The molecule has 0 spiro atoms. The minimum Gasteiger partial charge on any atom is -0.462 e. The molecule has 2 aliphatic heterocycles. The van der Waals surface area contributed by atoms with Crippen molar-refractivity contribution in [3.63, 3.8) is 0 Å². The summed E-state index contributed by atoms with van der Waals surface area (Å²) in [5.74, 6) is -0.0514. The molecule has 1 amide bonds. The number of benzene rings is 3. The molecular weight excluding hydrogens is 458 g/mol. The quantitative estimate of drug-likeness (QED) is 0.391. The van der Waals surface area contributed by atoms with Gasteiger partial charge < -0.3 is 24.4 Å². The predicted molar refractivity (Wildman–Crippen MR) is 136 cm³/mol. The maximum absolute atomic E-state index is 13.3. The molecule has 184 valence electrons. The van der Waals surface area contributed by atoms with Gasteiger partial charge in [-0.15, -0.1) is 0 Å². The van der Waals surface area contributed by atoms with E-state index in [1.54, 1.807) is 25.1 Å². The van der Waals surface area contributed by atoms with Crippen LogP contribution in [0.1, 0.15) is 39.9 Å². The fourth-order valence-electron chi connectivity index (χ4n) is 4.41. The van der Waals surface area contributed by atoms with Gasteiger partial charge in [0.1, 0.15) is 5.92 Å². The molecule has 2 heterocycles. The third-order valence-electron chi connectivity index (χ3n) is 6.02. The minimum absolute atomic E-state index is 0.155. The number of nitrogens with zero attached hydrogens (tertiary/aromatic N) is 2. The van der Waals surface area contributed by atoms with Crippen molar-refractivity contribution >= 4 is 29.0 Å². The third-order valence-corrected chi connectivity index (χ3v) is 6.02. The molecule has 1 N–H and O–H groups in total. The summed E-state index contributed by atoms with van der Waals surface area (Å²) in [6.07, 6.45) is 0. The molecule has 1 unspecified atom stereocenters. The number of amides is 1. The Labute approximate surface area is 209 Å². The molecule has 0 saturated heterocycles. The van der Waals surface area contributed by atoms with Crippen molar-refractivity contribution < 1.29 is 23.8 Å². The van der Waals surface area contributed by atoms with Crippen molar-refractivity contribution in [2.75, 3.05) is 32.8 Å². The van der Waals surface area contributed by atoms with E-state index in [4.69, 9.17) is 19.2 Å². The Bertz CT molecular complexity index is 1350. The van der Waals surface area contributed by atoms with Crippen LogP contribution in [0.15, 0.2) is 65.7 Å². The second kappa shape index (κ2) is 9.83. The van der Waals surface area contributed by atoms with Crippen molar-refractivity contribution in [3.05, 3.63) is 82.9 Å². The molecule has 3 aromatic carbocycles. The fraction of sp³-hybridized carbons (Fsp3) is 0.250. The second-order valence-corrected chi connectivity index (χ2v) is 8.91. The molecule has 0 saturated carbocycles. The number of hydrogen-bond donors (Lipinski definition) is 1. The molecule has 8 heteroatoms. The summed E-state index contributed by atoms with van der Waals surface area (Å²) in [7, 11) is 4.04. The first-order valence-corrected chi connectivity index (χ1v) is 11.8. The van der Waals surface area contributed by atoms with Crippen LogP contribution in [0.4, 0.5) is 11.4 Å². The lowest BCUT2D eigenvalue weighted by atomic mass is 9.90. The maximum Gasteiger partial charge on any atom is 0.338 e. The van der Waals surface area contributed by atoms with Gasteiger partial charge in [-0.05, 0) is 74.6 Å². The summed E-state index contributed by atoms with van der Waals surface area (Å²) in [6, 6.07) is 18.6. The number of ether oxygens (including phenoxy) is 3. The van der Waals surface area contributed by atoms with Crippen molar-refractivity contribution in [2.24, 2.45) is 4.99 Å². The van der Waals surface area contributed by atoms with Crippen LogP contribution in [0.2, 0.25) is 0 Å². The lowest BCUT2D eigenvalue weighted by Crippen LogP contribution is -2.22. The molecule has 0 aliphatic carbocycles. The lowest BCUT2D eigenvalue weighted by molar-refractivity contribution is -0.115. The molecule has 8 nitrogen and oxygen atoms in total. The lowest BCUT2D eigenvalue weighted by Gasteiger charge is -2.15. The molecule has 0 bridgehead atoms. The van der Waals surface area contributed by atoms with E-state index in [-0.39, 0.29) is 19.3 Å². The zero-order valence-electron chi connectivity index (χ0n) is 20.4. The van der Waals surface area contributed by atoms with E-state index in [1.807, 2.05) is 56.6 Å². The molecular formula is C28H27N3O5. The van der Waals surface area contributed by atoms with Crippen LogP contribution >= 0.6 is 0 Å². The van der Waals surface area contributed by atoms with E-state index in [1.165, 1.54) is 5.56 Å². The number of esters is 1. The number of carbonyl (C=O) groups excluding carboxylic acids is 2. The number of anilines is 1. The Kier molecular flexibility index (Phi) is 6.43. The smallest absolute Gasteiger partial charge is 0.338 e. The number of hydrogen-bond acceptors (Lipinski definition) is 7. The van der Waals surface area contributed by atoms with Crippen LogP contribution in [-0.4, -0.2) is 50.0 Å². The number of nitrogens with one attached hydrogen (secondary N) is 1. The molecule has 0 aromatic heterocycles. The first kappa shape index (κ1) is 23.6. The molecule has 5 rings (SSSR count). The Morgan fingerprint density at radius 1 is 1.03 bits per heavy atom. The van der Waals surface area contributed by atoms with E-state index in [9.17, 15) is 9.59 Å².